The van der Waals surface area contributed by atoms with E-state index in [9.17, 15) is 13.6 Å². The molecule has 0 saturated carbocycles. The highest BCUT2D eigenvalue weighted by Gasteiger charge is 2.23. The monoisotopic (exact) mass is 569 g/mol. The van der Waals surface area contributed by atoms with E-state index >= 15 is 0 Å². The molecule has 2 aromatic carbocycles. The number of amides is 1. The lowest BCUT2D eigenvalue weighted by Gasteiger charge is -2.29. The Morgan fingerprint density at radius 2 is 1.77 bits per heavy atom. The van der Waals surface area contributed by atoms with Crippen LogP contribution in [0.3, 0.4) is 0 Å². The molecule has 0 aliphatic carbocycles. The van der Waals surface area contributed by atoms with Crippen LogP contribution in [0, 0.1) is 11.6 Å². The number of nitrogens with one attached hydrogen (secondary N) is 1. The Hall–Kier alpha value is -3.72. The zero-order valence-electron chi connectivity index (χ0n) is 23.2. The number of anilines is 1. The van der Waals surface area contributed by atoms with Crippen molar-refractivity contribution in [2.45, 2.75) is 52.2 Å². The standard InChI is InChI=1S/C20H15ClF2N4.C10H19NO2/c1-27-18(14-4-2-3-5-15(14)21)9-13-11-25-20(26-19(13)27)24-10-12-6-7-16(22)17(23)8-12;1-10(2,3)13-9(12)11-7-5-4-6-8-11/h2-9,11H,10H2,1H3,(H,24,25,26);4-8H2,1-3H3. The first-order valence-corrected chi connectivity index (χ1v) is 13.6. The summed E-state index contributed by atoms with van der Waals surface area (Å²) in [5.74, 6) is -1.34. The molecule has 1 N–H and O–H groups in total. The molecular formula is C30H34ClF2N5O2. The quantitative estimate of drug-likeness (QED) is 0.274. The fourth-order valence-electron chi connectivity index (χ4n) is 4.36. The van der Waals surface area contributed by atoms with Gasteiger partial charge in [0.2, 0.25) is 5.95 Å². The molecule has 0 spiro atoms. The van der Waals surface area contributed by atoms with Crippen LogP contribution in [-0.4, -0.2) is 44.2 Å². The van der Waals surface area contributed by atoms with Gasteiger partial charge < -0.3 is 19.5 Å². The van der Waals surface area contributed by atoms with Crippen LogP contribution in [0.4, 0.5) is 19.5 Å². The number of nitrogens with zero attached hydrogens (tertiary/aromatic N) is 4. The predicted molar refractivity (Wildman–Crippen MR) is 154 cm³/mol. The Balaban J connectivity index is 0.000000240. The summed E-state index contributed by atoms with van der Waals surface area (Å²) in [4.78, 5) is 22.1. The van der Waals surface area contributed by atoms with E-state index in [1.807, 2.05) is 62.7 Å². The van der Waals surface area contributed by atoms with Gasteiger partial charge in [0.25, 0.3) is 0 Å². The molecule has 0 radical (unpaired) electrons. The zero-order chi connectivity index (χ0) is 28.9. The van der Waals surface area contributed by atoms with Crippen LogP contribution < -0.4 is 5.32 Å². The molecule has 0 unspecified atom stereocenters. The minimum Gasteiger partial charge on any atom is -0.444 e. The summed E-state index contributed by atoms with van der Waals surface area (Å²) in [6.07, 6.45) is 5.01. The van der Waals surface area contributed by atoms with Gasteiger partial charge >= 0.3 is 6.09 Å². The first-order chi connectivity index (χ1) is 19.0. The van der Waals surface area contributed by atoms with Crippen LogP contribution in [0.5, 0.6) is 0 Å². The van der Waals surface area contributed by atoms with Crippen molar-refractivity contribution in [3.63, 3.8) is 0 Å². The third-order valence-corrected chi connectivity index (χ3v) is 6.69. The molecule has 0 bridgehead atoms. The summed E-state index contributed by atoms with van der Waals surface area (Å²) in [6.45, 7) is 7.69. The number of likely N-dealkylation sites (tertiary alicyclic amines) is 1. The fraction of sp³-hybridized carbons (Fsp3) is 0.367. The minimum absolute atomic E-state index is 0.160. The maximum Gasteiger partial charge on any atom is 0.410 e. The van der Waals surface area contributed by atoms with E-state index in [2.05, 4.69) is 15.3 Å². The lowest BCUT2D eigenvalue weighted by Crippen LogP contribution is -2.39. The van der Waals surface area contributed by atoms with E-state index in [-0.39, 0.29) is 18.2 Å². The molecule has 0 atom stereocenters. The normalized spacial score (nSPS) is 13.5. The molecule has 1 aliphatic rings. The zero-order valence-corrected chi connectivity index (χ0v) is 23.9. The molecule has 1 amide bonds. The van der Waals surface area contributed by atoms with Gasteiger partial charge in [-0.05, 0) is 69.9 Å². The van der Waals surface area contributed by atoms with Crippen LogP contribution in [-0.2, 0) is 18.3 Å². The van der Waals surface area contributed by atoms with Crippen molar-refractivity contribution in [1.29, 1.82) is 0 Å². The predicted octanol–water partition coefficient (Wildman–Crippen LogP) is 7.59. The molecule has 1 saturated heterocycles. The van der Waals surface area contributed by atoms with Gasteiger partial charge in [0.15, 0.2) is 11.6 Å². The van der Waals surface area contributed by atoms with E-state index in [4.69, 9.17) is 16.3 Å². The largest absolute Gasteiger partial charge is 0.444 e. The summed E-state index contributed by atoms with van der Waals surface area (Å²) in [5.41, 5.74) is 2.82. The van der Waals surface area contributed by atoms with Crippen molar-refractivity contribution >= 4 is 34.7 Å². The van der Waals surface area contributed by atoms with Gasteiger partial charge in [-0.2, -0.15) is 4.98 Å². The van der Waals surface area contributed by atoms with Crippen LogP contribution in [0.1, 0.15) is 45.6 Å². The summed E-state index contributed by atoms with van der Waals surface area (Å²) >= 11 is 6.31. The second-order valence-corrected chi connectivity index (χ2v) is 11.1. The number of aromatic nitrogens is 3. The second kappa shape index (κ2) is 12.6. The number of hydrogen-bond donors (Lipinski definition) is 1. The van der Waals surface area contributed by atoms with Crippen molar-refractivity contribution < 1.29 is 18.3 Å². The van der Waals surface area contributed by atoms with Crippen molar-refractivity contribution in [3.8, 4) is 11.3 Å². The molecule has 1 fully saturated rings. The smallest absolute Gasteiger partial charge is 0.410 e. The van der Waals surface area contributed by atoms with Gasteiger partial charge in [-0.15, -0.1) is 0 Å². The van der Waals surface area contributed by atoms with Gasteiger partial charge in [0.05, 0.1) is 5.69 Å². The number of ether oxygens (including phenoxy) is 1. The summed E-state index contributed by atoms with van der Waals surface area (Å²) in [5, 5.41) is 4.58. The average Bonchev–Trinajstić information content (AvgIpc) is 3.25. The Morgan fingerprint density at radius 3 is 2.45 bits per heavy atom. The third-order valence-electron chi connectivity index (χ3n) is 6.36. The maximum atomic E-state index is 13.3. The molecule has 5 rings (SSSR count). The molecule has 40 heavy (non-hydrogen) atoms. The second-order valence-electron chi connectivity index (χ2n) is 10.7. The van der Waals surface area contributed by atoms with Crippen molar-refractivity contribution in [1.82, 2.24) is 19.4 Å². The number of carbonyl (C=O) groups excluding carboxylic acids is 1. The van der Waals surface area contributed by atoms with Crippen molar-refractivity contribution in [2.75, 3.05) is 18.4 Å². The van der Waals surface area contributed by atoms with Gasteiger partial charge in [-0.3, -0.25) is 0 Å². The number of fused-ring (bicyclic) bond motifs is 1. The molecule has 4 aromatic rings. The summed E-state index contributed by atoms with van der Waals surface area (Å²) in [7, 11) is 1.91. The van der Waals surface area contributed by atoms with E-state index in [0.29, 0.717) is 16.5 Å². The molecule has 7 nitrogen and oxygen atoms in total. The van der Waals surface area contributed by atoms with Crippen molar-refractivity contribution in [2.24, 2.45) is 7.05 Å². The maximum absolute atomic E-state index is 13.3. The Labute approximate surface area is 238 Å². The van der Waals surface area contributed by atoms with Crippen LogP contribution >= 0.6 is 11.6 Å². The number of carbonyl (C=O) groups is 1. The third kappa shape index (κ3) is 7.47. The first kappa shape index (κ1) is 29.3. The van der Waals surface area contributed by atoms with E-state index in [1.165, 1.54) is 12.5 Å². The number of rotatable bonds is 4. The Bertz CT molecular complexity index is 1480. The lowest BCUT2D eigenvalue weighted by atomic mass is 10.1. The van der Waals surface area contributed by atoms with Crippen LogP contribution in [0.15, 0.2) is 54.7 Å². The molecule has 3 heterocycles. The number of benzene rings is 2. The van der Waals surface area contributed by atoms with Crippen LogP contribution in [0.2, 0.25) is 5.02 Å². The van der Waals surface area contributed by atoms with Gasteiger partial charge in [0.1, 0.15) is 11.2 Å². The fourth-order valence-corrected chi connectivity index (χ4v) is 4.59. The topological polar surface area (TPSA) is 72.3 Å². The van der Waals surface area contributed by atoms with Gasteiger partial charge in [0, 0.05) is 48.9 Å². The molecule has 212 valence electrons. The van der Waals surface area contributed by atoms with Gasteiger partial charge in [-0.1, -0.05) is 35.9 Å². The highest BCUT2D eigenvalue weighted by atomic mass is 35.5. The van der Waals surface area contributed by atoms with Crippen LogP contribution in [0.25, 0.3) is 22.3 Å². The number of hydrogen-bond acceptors (Lipinski definition) is 5. The van der Waals surface area contributed by atoms with E-state index in [0.717, 1.165) is 60.4 Å². The minimum atomic E-state index is -0.877. The lowest BCUT2D eigenvalue weighted by molar-refractivity contribution is 0.0216. The van der Waals surface area contributed by atoms with Crippen molar-refractivity contribution in [3.05, 3.63) is 76.9 Å². The SMILES string of the molecule is CC(C)(C)OC(=O)N1CCCCC1.Cn1c(-c2ccccc2Cl)cc2cnc(NCc3ccc(F)c(F)c3)nc21. The van der Waals surface area contributed by atoms with Gasteiger partial charge in [-0.25, -0.2) is 18.6 Å². The average molecular weight is 570 g/mol. The number of halogens is 3. The summed E-state index contributed by atoms with van der Waals surface area (Å²) < 4.78 is 33.5. The molecular weight excluding hydrogens is 536 g/mol. The Morgan fingerprint density at radius 1 is 1.05 bits per heavy atom. The number of aryl methyl sites for hydroxylation is 1. The molecule has 2 aromatic heterocycles. The Kier molecular flexibility index (Phi) is 9.25. The van der Waals surface area contributed by atoms with E-state index < -0.39 is 11.6 Å². The summed E-state index contributed by atoms with van der Waals surface area (Å²) in [6, 6.07) is 13.4. The first-order valence-electron chi connectivity index (χ1n) is 13.2. The number of piperidine rings is 1. The van der Waals surface area contributed by atoms with E-state index in [1.54, 1.807) is 11.1 Å². The molecule has 1 aliphatic heterocycles. The highest BCUT2D eigenvalue weighted by molar-refractivity contribution is 6.33. The highest BCUT2D eigenvalue weighted by Crippen LogP contribution is 2.31. The molecule has 10 heteroatoms.